The highest BCUT2D eigenvalue weighted by Crippen LogP contribution is 2.31. The fraction of sp³-hybridized carbons (Fsp3) is 0.900. The number of halogens is 3. The molecule has 94 valence electrons. The molecule has 0 aromatic rings. The minimum Gasteiger partial charge on any atom is -0.465 e. The van der Waals surface area contributed by atoms with Gasteiger partial charge in [-0.05, 0) is 26.7 Å². The van der Waals surface area contributed by atoms with Crippen molar-refractivity contribution in [3.63, 3.8) is 0 Å². The molecule has 1 atom stereocenters. The second kappa shape index (κ2) is 5.03. The number of ether oxygens (including phenoxy) is 1. The molecule has 0 amide bonds. The largest absolute Gasteiger partial charge is 0.465 e. The summed E-state index contributed by atoms with van der Waals surface area (Å²) in [5, 5.41) is 0. The summed E-state index contributed by atoms with van der Waals surface area (Å²) in [7, 11) is 0. The molecular formula is C10H16F3NO2. The van der Waals surface area contributed by atoms with Gasteiger partial charge in [0.25, 0.3) is 0 Å². The van der Waals surface area contributed by atoms with Crippen molar-refractivity contribution in [2.24, 2.45) is 0 Å². The van der Waals surface area contributed by atoms with Crippen molar-refractivity contribution in [3.8, 4) is 0 Å². The van der Waals surface area contributed by atoms with E-state index in [2.05, 4.69) is 0 Å². The number of nitrogens with zero attached hydrogens (tertiary/aromatic N) is 1. The second-order valence-electron chi connectivity index (χ2n) is 3.95. The van der Waals surface area contributed by atoms with Gasteiger partial charge in [0.2, 0.25) is 0 Å². The van der Waals surface area contributed by atoms with E-state index in [0.717, 1.165) is 12.8 Å². The van der Waals surface area contributed by atoms with Gasteiger partial charge in [0.1, 0.15) is 6.04 Å². The molecule has 16 heavy (non-hydrogen) atoms. The van der Waals surface area contributed by atoms with Crippen LogP contribution >= 0.6 is 0 Å². The number of hydrogen-bond donors (Lipinski definition) is 0. The third-order valence-electron chi connectivity index (χ3n) is 2.50. The topological polar surface area (TPSA) is 29.5 Å². The van der Waals surface area contributed by atoms with Gasteiger partial charge in [0.05, 0.1) is 13.2 Å². The van der Waals surface area contributed by atoms with Crippen molar-refractivity contribution in [1.29, 1.82) is 0 Å². The van der Waals surface area contributed by atoms with Crippen LogP contribution in [0.3, 0.4) is 0 Å². The Morgan fingerprint density at radius 3 is 2.44 bits per heavy atom. The molecule has 0 bridgehead atoms. The third-order valence-corrected chi connectivity index (χ3v) is 2.50. The summed E-state index contributed by atoms with van der Waals surface area (Å²) >= 11 is 0. The maximum atomic E-state index is 12.3. The molecule has 0 aromatic heterocycles. The smallest absolute Gasteiger partial charge is 0.401 e. The molecule has 1 rings (SSSR count). The van der Waals surface area contributed by atoms with Crippen LogP contribution in [0.2, 0.25) is 0 Å². The van der Waals surface area contributed by atoms with Gasteiger partial charge in [-0.25, -0.2) is 0 Å². The van der Waals surface area contributed by atoms with Crippen LogP contribution in [0.25, 0.3) is 0 Å². The summed E-state index contributed by atoms with van der Waals surface area (Å²) < 4.78 is 41.7. The lowest BCUT2D eigenvalue weighted by Crippen LogP contribution is -2.46. The summed E-state index contributed by atoms with van der Waals surface area (Å²) in [5.74, 6) is -0.585. The standard InChI is InChI=1S/C10H16F3NO2/c1-3-16-9(15)7(2)14(8-4-5-8)6-10(11,12)13/h7-8H,3-6H2,1-2H3. The maximum absolute atomic E-state index is 12.3. The highest BCUT2D eigenvalue weighted by molar-refractivity contribution is 5.75. The zero-order valence-electron chi connectivity index (χ0n) is 9.38. The Hall–Kier alpha value is -0.780. The number of rotatable bonds is 5. The first-order valence-corrected chi connectivity index (χ1v) is 5.34. The van der Waals surface area contributed by atoms with E-state index in [1.54, 1.807) is 6.92 Å². The van der Waals surface area contributed by atoms with E-state index in [9.17, 15) is 18.0 Å². The number of esters is 1. The van der Waals surface area contributed by atoms with Crippen LogP contribution in [0.4, 0.5) is 13.2 Å². The molecule has 3 nitrogen and oxygen atoms in total. The van der Waals surface area contributed by atoms with Gasteiger partial charge < -0.3 is 4.74 Å². The first kappa shape index (κ1) is 13.3. The molecule has 0 N–H and O–H groups in total. The molecule has 0 aromatic carbocycles. The lowest BCUT2D eigenvalue weighted by Gasteiger charge is -2.28. The Labute approximate surface area is 92.5 Å². The van der Waals surface area contributed by atoms with E-state index in [-0.39, 0.29) is 12.6 Å². The normalized spacial score (nSPS) is 18.6. The fourth-order valence-electron chi connectivity index (χ4n) is 1.59. The van der Waals surface area contributed by atoms with Crippen molar-refractivity contribution in [2.75, 3.05) is 13.2 Å². The number of alkyl halides is 3. The zero-order valence-corrected chi connectivity index (χ0v) is 9.38. The van der Waals surface area contributed by atoms with E-state index in [4.69, 9.17) is 4.74 Å². The van der Waals surface area contributed by atoms with Gasteiger partial charge in [-0.1, -0.05) is 0 Å². The summed E-state index contributed by atoms with van der Waals surface area (Å²) in [6, 6.07) is -0.949. The highest BCUT2D eigenvalue weighted by atomic mass is 19.4. The minimum absolute atomic E-state index is 0.124. The summed E-state index contributed by atoms with van der Waals surface area (Å²) in [5.41, 5.74) is 0. The number of carbonyl (C=O) groups is 1. The van der Waals surface area contributed by atoms with E-state index in [1.807, 2.05) is 0 Å². The van der Waals surface area contributed by atoms with Crippen LogP contribution in [0.5, 0.6) is 0 Å². The first-order valence-electron chi connectivity index (χ1n) is 5.34. The van der Waals surface area contributed by atoms with Crippen molar-refractivity contribution in [1.82, 2.24) is 4.90 Å². The molecule has 0 saturated heterocycles. The van der Waals surface area contributed by atoms with Crippen molar-refractivity contribution in [3.05, 3.63) is 0 Å². The third kappa shape index (κ3) is 4.00. The lowest BCUT2D eigenvalue weighted by molar-refractivity contribution is -0.165. The fourth-order valence-corrected chi connectivity index (χ4v) is 1.59. The van der Waals surface area contributed by atoms with Crippen LogP contribution < -0.4 is 0 Å². The van der Waals surface area contributed by atoms with Crippen LogP contribution in [-0.2, 0) is 9.53 Å². The quantitative estimate of drug-likeness (QED) is 0.687. The summed E-state index contributed by atoms with van der Waals surface area (Å²) in [4.78, 5) is 12.5. The van der Waals surface area contributed by atoms with Crippen molar-refractivity contribution in [2.45, 2.75) is 44.9 Å². The van der Waals surface area contributed by atoms with Gasteiger partial charge in [-0.15, -0.1) is 0 Å². The van der Waals surface area contributed by atoms with Crippen molar-refractivity contribution >= 4 is 5.97 Å². The van der Waals surface area contributed by atoms with Gasteiger partial charge in [-0.2, -0.15) is 13.2 Å². The van der Waals surface area contributed by atoms with Crippen LogP contribution in [0, 0.1) is 0 Å². The van der Waals surface area contributed by atoms with Gasteiger partial charge in [0.15, 0.2) is 0 Å². The summed E-state index contributed by atoms with van der Waals surface area (Å²) in [6.07, 6.45) is -2.83. The molecule has 1 fully saturated rings. The van der Waals surface area contributed by atoms with E-state index in [1.165, 1.54) is 11.8 Å². The Bertz CT molecular complexity index is 251. The second-order valence-corrected chi connectivity index (χ2v) is 3.95. The molecule has 1 aliphatic rings. The molecule has 0 spiro atoms. The van der Waals surface area contributed by atoms with Crippen molar-refractivity contribution < 1.29 is 22.7 Å². The van der Waals surface area contributed by atoms with Gasteiger partial charge >= 0.3 is 12.1 Å². The Morgan fingerprint density at radius 2 is 2.06 bits per heavy atom. The average Bonchev–Trinajstić information content (AvgIpc) is 2.95. The minimum atomic E-state index is -4.27. The molecule has 1 unspecified atom stereocenters. The van der Waals surface area contributed by atoms with Crippen LogP contribution in [-0.4, -0.2) is 42.3 Å². The lowest BCUT2D eigenvalue weighted by atomic mass is 10.2. The Morgan fingerprint density at radius 1 is 1.50 bits per heavy atom. The average molecular weight is 239 g/mol. The summed E-state index contributed by atoms with van der Waals surface area (Å²) in [6.45, 7) is 2.24. The molecule has 0 aliphatic heterocycles. The number of hydrogen-bond acceptors (Lipinski definition) is 3. The zero-order chi connectivity index (χ0) is 12.3. The molecule has 0 heterocycles. The van der Waals surface area contributed by atoms with Crippen LogP contribution in [0.15, 0.2) is 0 Å². The first-order chi connectivity index (χ1) is 7.35. The molecule has 0 radical (unpaired) electrons. The van der Waals surface area contributed by atoms with Crippen LogP contribution in [0.1, 0.15) is 26.7 Å². The van der Waals surface area contributed by atoms with Gasteiger partial charge in [-0.3, -0.25) is 9.69 Å². The number of carbonyl (C=O) groups excluding carboxylic acids is 1. The SMILES string of the molecule is CCOC(=O)C(C)N(CC(F)(F)F)C1CC1. The predicted molar refractivity (Wildman–Crippen MR) is 51.9 cm³/mol. The highest BCUT2D eigenvalue weighted by Gasteiger charge is 2.42. The van der Waals surface area contributed by atoms with E-state index >= 15 is 0 Å². The van der Waals surface area contributed by atoms with E-state index in [0.29, 0.717) is 0 Å². The van der Waals surface area contributed by atoms with Gasteiger partial charge in [0, 0.05) is 6.04 Å². The maximum Gasteiger partial charge on any atom is 0.401 e. The molecule has 6 heteroatoms. The molecular weight excluding hydrogens is 223 g/mol. The van der Waals surface area contributed by atoms with E-state index < -0.39 is 24.7 Å². The molecule has 1 saturated carbocycles. The monoisotopic (exact) mass is 239 g/mol. The predicted octanol–water partition coefficient (Wildman–Crippen LogP) is 1.96. The molecule has 1 aliphatic carbocycles. The Kier molecular flexibility index (Phi) is 4.18. The Balaban J connectivity index is 2.59.